The Labute approximate surface area is 137 Å². The lowest BCUT2D eigenvalue weighted by molar-refractivity contribution is -0.123. The van der Waals surface area contributed by atoms with Gasteiger partial charge in [-0.1, -0.05) is 23.9 Å². The van der Waals surface area contributed by atoms with Gasteiger partial charge < -0.3 is 10.6 Å². The molecule has 0 bridgehead atoms. The summed E-state index contributed by atoms with van der Waals surface area (Å²) in [6.45, 7) is 0.128. The molecule has 0 heterocycles. The Morgan fingerprint density at radius 1 is 1.26 bits per heavy atom. The number of carbonyl (C=O) groups is 2. The van der Waals surface area contributed by atoms with Crippen LogP contribution in [0.3, 0.4) is 0 Å². The van der Waals surface area contributed by atoms with E-state index in [1.165, 1.54) is 6.07 Å². The third-order valence-corrected chi connectivity index (χ3v) is 3.93. The molecule has 1 aliphatic carbocycles. The Hall–Kier alpha value is -1.67. The van der Waals surface area contributed by atoms with Crippen LogP contribution >= 0.6 is 11.8 Å². The summed E-state index contributed by atoms with van der Waals surface area (Å²) in [5.41, 5.74) is 0.346. The molecule has 1 aromatic carbocycles. The van der Waals surface area contributed by atoms with Crippen molar-refractivity contribution in [3.8, 4) is 0 Å². The Morgan fingerprint density at radius 3 is 2.57 bits per heavy atom. The van der Waals surface area contributed by atoms with Crippen LogP contribution in [0, 0.1) is 0 Å². The van der Waals surface area contributed by atoms with Crippen molar-refractivity contribution >= 4 is 29.3 Å². The zero-order valence-corrected chi connectivity index (χ0v) is 13.5. The molecule has 8 heteroatoms. The van der Waals surface area contributed by atoms with Crippen molar-refractivity contribution in [1.29, 1.82) is 0 Å². The number of para-hydroxylation sites is 1. The van der Waals surface area contributed by atoms with E-state index >= 15 is 0 Å². The van der Waals surface area contributed by atoms with E-state index in [2.05, 4.69) is 10.6 Å². The maximum atomic E-state index is 12.5. The smallest absolute Gasteiger partial charge is 0.288 e. The number of nitrogens with zero attached hydrogens (tertiary/aromatic N) is 1. The van der Waals surface area contributed by atoms with Crippen LogP contribution in [-0.4, -0.2) is 48.7 Å². The largest absolute Gasteiger partial charge is 0.352 e. The highest BCUT2D eigenvalue weighted by molar-refractivity contribution is 7.99. The monoisotopic (exact) mass is 343 g/mol. The second-order valence-electron chi connectivity index (χ2n) is 5.44. The van der Waals surface area contributed by atoms with Crippen LogP contribution < -0.4 is 10.6 Å². The molecule has 1 fully saturated rings. The molecule has 2 amide bonds. The number of nitrogens with one attached hydrogen (secondary N) is 2. The Morgan fingerprint density at radius 2 is 1.91 bits per heavy atom. The summed E-state index contributed by atoms with van der Waals surface area (Å²) in [5, 5.41) is 5.45. The number of hydrogen-bond donors (Lipinski definition) is 2. The third kappa shape index (κ3) is 6.54. The Balaban J connectivity index is 1.82. The summed E-state index contributed by atoms with van der Waals surface area (Å²) in [6.07, 6.45) is 2.02. The van der Waals surface area contributed by atoms with Crippen LogP contribution in [0.2, 0.25) is 0 Å². The highest BCUT2D eigenvalue weighted by Crippen LogP contribution is 2.31. The predicted octanol–water partition coefficient (Wildman–Crippen LogP) is 2.15. The molecule has 2 rings (SSSR count). The van der Waals surface area contributed by atoms with Gasteiger partial charge in [0.25, 0.3) is 5.76 Å². The lowest BCUT2D eigenvalue weighted by Crippen LogP contribution is -2.39. The summed E-state index contributed by atoms with van der Waals surface area (Å²) in [7, 11) is 1.66. The summed E-state index contributed by atoms with van der Waals surface area (Å²) in [5.74, 6) is -3.02. The van der Waals surface area contributed by atoms with Crippen LogP contribution in [0.5, 0.6) is 0 Å². The minimum Gasteiger partial charge on any atom is -0.352 e. The van der Waals surface area contributed by atoms with E-state index in [-0.39, 0.29) is 30.9 Å². The van der Waals surface area contributed by atoms with E-state index < -0.39 is 5.76 Å². The molecule has 5 nitrogen and oxygen atoms in total. The molecular weight excluding hydrogens is 324 g/mol. The summed E-state index contributed by atoms with van der Waals surface area (Å²) < 4.78 is 25.0. The number of benzene rings is 1. The fraction of sp³-hybridized carbons (Fsp3) is 0.467. The fourth-order valence-corrected chi connectivity index (χ4v) is 2.60. The van der Waals surface area contributed by atoms with Gasteiger partial charge in [-0.3, -0.25) is 14.5 Å². The van der Waals surface area contributed by atoms with E-state index in [4.69, 9.17) is 0 Å². The van der Waals surface area contributed by atoms with Crippen molar-refractivity contribution in [2.75, 3.05) is 25.5 Å². The fourth-order valence-electron chi connectivity index (χ4n) is 2.01. The maximum Gasteiger partial charge on any atom is 0.288 e. The van der Waals surface area contributed by atoms with Crippen molar-refractivity contribution in [1.82, 2.24) is 10.2 Å². The SMILES string of the molecule is CN(CC(=O)Nc1ccccc1SC(F)F)CC(=O)NC1CC1. The molecule has 126 valence electrons. The minimum absolute atomic E-state index is 0.00572. The van der Waals surface area contributed by atoms with Crippen molar-refractivity contribution in [2.24, 2.45) is 0 Å². The molecule has 0 spiro atoms. The Kier molecular flexibility index (Phi) is 6.35. The first kappa shape index (κ1) is 17.7. The second kappa shape index (κ2) is 8.26. The summed E-state index contributed by atoms with van der Waals surface area (Å²) >= 11 is 0.385. The van der Waals surface area contributed by atoms with E-state index in [1.807, 2.05) is 0 Å². The Bertz CT molecular complexity index is 567. The number of alkyl halides is 2. The number of rotatable bonds is 8. The number of hydrogen-bond acceptors (Lipinski definition) is 4. The summed E-state index contributed by atoms with van der Waals surface area (Å²) in [4.78, 5) is 25.5. The number of thioether (sulfide) groups is 1. The van der Waals surface area contributed by atoms with Gasteiger partial charge in [-0.2, -0.15) is 8.78 Å². The van der Waals surface area contributed by atoms with Gasteiger partial charge >= 0.3 is 0 Å². The van der Waals surface area contributed by atoms with Gasteiger partial charge in [0.15, 0.2) is 0 Å². The van der Waals surface area contributed by atoms with Crippen LogP contribution in [0.1, 0.15) is 12.8 Å². The molecule has 0 radical (unpaired) electrons. The van der Waals surface area contributed by atoms with Gasteiger partial charge in [0.05, 0.1) is 18.8 Å². The van der Waals surface area contributed by atoms with Crippen LogP contribution in [0.15, 0.2) is 29.2 Å². The van der Waals surface area contributed by atoms with Crippen LogP contribution in [0.25, 0.3) is 0 Å². The lowest BCUT2D eigenvalue weighted by atomic mass is 10.3. The number of anilines is 1. The maximum absolute atomic E-state index is 12.5. The first-order chi connectivity index (χ1) is 10.9. The molecule has 1 saturated carbocycles. The quantitative estimate of drug-likeness (QED) is 0.710. The van der Waals surface area contributed by atoms with E-state index in [0.717, 1.165) is 12.8 Å². The van der Waals surface area contributed by atoms with E-state index in [0.29, 0.717) is 22.3 Å². The first-order valence-corrected chi connectivity index (χ1v) is 8.13. The molecule has 0 saturated heterocycles. The molecule has 0 aliphatic heterocycles. The number of carbonyl (C=O) groups excluding carboxylic acids is 2. The molecule has 1 aliphatic rings. The van der Waals surface area contributed by atoms with Gasteiger partial charge in [-0.15, -0.1) is 0 Å². The molecule has 2 N–H and O–H groups in total. The van der Waals surface area contributed by atoms with Crippen molar-refractivity contribution < 1.29 is 18.4 Å². The zero-order valence-electron chi connectivity index (χ0n) is 12.7. The normalized spacial score (nSPS) is 14.1. The average molecular weight is 343 g/mol. The second-order valence-corrected chi connectivity index (χ2v) is 6.47. The minimum atomic E-state index is -2.55. The number of amides is 2. The molecule has 0 aromatic heterocycles. The molecule has 0 unspecified atom stereocenters. The van der Waals surface area contributed by atoms with Crippen molar-refractivity contribution in [3.63, 3.8) is 0 Å². The highest BCUT2D eigenvalue weighted by Gasteiger charge is 2.23. The highest BCUT2D eigenvalue weighted by atomic mass is 32.2. The van der Waals surface area contributed by atoms with Gasteiger partial charge in [0, 0.05) is 10.9 Å². The lowest BCUT2D eigenvalue weighted by Gasteiger charge is -2.16. The molecule has 0 atom stereocenters. The molecule has 1 aromatic rings. The number of halogens is 2. The van der Waals surface area contributed by atoms with Crippen molar-refractivity contribution in [3.05, 3.63) is 24.3 Å². The van der Waals surface area contributed by atoms with Gasteiger partial charge in [-0.05, 0) is 32.0 Å². The predicted molar refractivity (Wildman–Crippen MR) is 85.6 cm³/mol. The van der Waals surface area contributed by atoms with Crippen LogP contribution in [0.4, 0.5) is 14.5 Å². The van der Waals surface area contributed by atoms with E-state index in [1.54, 1.807) is 30.1 Å². The number of likely N-dealkylation sites (N-methyl/N-ethyl adjacent to an activating group) is 1. The zero-order chi connectivity index (χ0) is 16.8. The van der Waals surface area contributed by atoms with Gasteiger partial charge in [0.1, 0.15) is 0 Å². The van der Waals surface area contributed by atoms with Gasteiger partial charge in [-0.25, -0.2) is 0 Å². The first-order valence-electron chi connectivity index (χ1n) is 7.25. The third-order valence-electron chi connectivity index (χ3n) is 3.15. The topological polar surface area (TPSA) is 61.4 Å². The average Bonchev–Trinajstić information content (AvgIpc) is 3.23. The summed E-state index contributed by atoms with van der Waals surface area (Å²) in [6, 6.07) is 6.68. The van der Waals surface area contributed by atoms with Crippen LogP contribution in [-0.2, 0) is 9.59 Å². The standard InChI is InChI=1S/C15H19F2N3O2S/c1-20(8-13(21)18-10-6-7-10)9-14(22)19-11-4-2-3-5-12(11)23-15(16)17/h2-5,10,15H,6-9H2,1H3,(H,18,21)(H,19,22). The molecule has 23 heavy (non-hydrogen) atoms. The molecular formula is C15H19F2N3O2S. The van der Waals surface area contributed by atoms with Gasteiger partial charge in [0.2, 0.25) is 11.8 Å². The van der Waals surface area contributed by atoms with E-state index in [9.17, 15) is 18.4 Å². The van der Waals surface area contributed by atoms with Crippen molar-refractivity contribution in [2.45, 2.75) is 29.5 Å².